The number of hydrogen-bond acceptors (Lipinski definition) is 4. The van der Waals surface area contributed by atoms with Gasteiger partial charge in [-0.25, -0.2) is 4.79 Å². The van der Waals surface area contributed by atoms with Crippen LogP contribution in [0.3, 0.4) is 0 Å². The van der Waals surface area contributed by atoms with Gasteiger partial charge in [0.15, 0.2) is 0 Å². The summed E-state index contributed by atoms with van der Waals surface area (Å²) in [6.45, 7) is 4.29. The van der Waals surface area contributed by atoms with Crippen molar-refractivity contribution < 1.29 is 9.53 Å². The molecule has 16 heavy (non-hydrogen) atoms. The van der Waals surface area contributed by atoms with Crippen LogP contribution in [-0.2, 0) is 4.74 Å². The number of nitrogens with two attached hydrogens (primary N) is 1. The van der Waals surface area contributed by atoms with Gasteiger partial charge in [-0.15, -0.1) is 11.8 Å². The number of carbonyl (C=O) groups is 1. The Bertz CT molecular complexity index is 379. The molecule has 0 spiro atoms. The summed E-state index contributed by atoms with van der Waals surface area (Å²) in [5, 5.41) is 0.522. The monoisotopic (exact) mass is 239 g/mol. The summed E-state index contributed by atoms with van der Waals surface area (Å²) in [6, 6.07) is 5.47. The fourth-order valence-corrected chi connectivity index (χ4v) is 2.17. The van der Waals surface area contributed by atoms with Crippen LogP contribution in [-0.4, -0.2) is 18.3 Å². The quantitative estimate of drug-likeness (QED) is 0.498. The molecule has 0 fully saturated rings. The van der Waals surface area contributed by atoms with Gasteiger partial charge < -0.3 is 10.5 Å². The molecule has 0 bridgehead atoms. The standard InChI is InChI=1S/C12H17NO2S/c1-4-8(2)16-9-5-6-11(13)10(7-9)12(14)15-3/h5-8H,4,13H2,1-3H3. The van der Waals surface area contributed by atoms with Crippen molar-refractivity contribution in [3.05, 3.63) is 23.8 Å². The lowest BCUT2D eigenvalue weighted by atomic mass is 10.2. The molecular weight excluding hydrogens is 222 g/mol. The number of hydrogen-bond donors (Lipinski definition) is 1. The second kappa shape index (κ2) is 5.80. The molecule has 2 N–H and O–H groups in total. The van der Waals surface area contributed by atoms with Gasteiger partial charge >= 0.3 is 5.97 Å². The molecule has 0 aliphatic rings. The average molecular weight is 239 g/mol. The molecule has 4 heteroatoms. The molecule has 0 radical (unpaired) electrons. The summed E-state index contributed by atoms with van der Waals surface area (Å²) in [6.07, 6.45) is 1.09. The summed E-state index contributed by atoms with van der Waals surface area (Å²) < 4.78 is 4.68. The van der Waals surface area contributed by atoms with Gasteiger partial charge in [0.2, 0.25) is 0 Å². The van der Waals surface area contributed by atoms with Crippen LogP contribution in [0, 0.1) is 0 Å². The molecule has 0 heterocycles. The van der Waals surface area contributed by atoms with Gasteiger partial charge in [-0.1, -0.05) is 13.8 Å². The van der Waals surface area contributed by atoms with E-state index in [0.717, 1.165) is 11.3 Å². The lowest BCUT2D eigenvalue weighted by molar-refractivity contribution is 0.0601. The third-order valence-corrected chi connectivity index (χ3v) is 3.60. The number of methoxy groups -OCH3 is 1. The molecule has 0 saturated heterocycles. The minimum Gasteiger partial charge on any atom is -0.465 e. The normalized spacial score (nSPS) is 12.2. The Morgan fingerprint density at radius 2 is 2.25 bits per heavy atom. The lowest BCUT2D eigenvalue weighted by Gasteiger charge is -2.10. The molecule has 0 aliphatic carbocycles. The number of rotatable bonds is 4. The molecule has 1 unspecified atom stereocenters. The minimum absolute atomic E-state index is 0.385. The highest BCUT2D eigenvalue weighted by atomic mass is 32.2. The van der Waals surface area contributed by atoms with Crippen molar-refractivity contribution in [1.82, 2.24) is 0 Å². The van der Waals surface area contributed by atoms with E-state index in [0.29, 0.717) is 16.5 Å². The first kappa shape index (κ1) is 12.9. The molecule has 1 rings (SSSR count). The number of carbonyl (C=O) groups excluding carboxylic acids is 1. The van der Waals surface area contributed by atoms with Crippen molar-refractivity contribution in [2.24, 2.45) is 0 Å². The van der Waals surface area contributed by atoms with Gasteiger partial charge in [-0.05, 0) is 24.6 Å². The van der Waals surface area contributed by atoms with Gasteiger partial charge in [0, 0.05) is 15.8 Å². The summed E-state index contributed by atoms with van der Waals surface area (Å²) >= 11 is 1.73. The third kappa shape index (κ3) is 3.17. The SMILES string of the molecule is CCC(C)Sc1ccc(N)c(C(=O)OC)c1. The first-order valence-corrected chi connectivity index (χ1v) is 6.11. The van der Waals surface area contributed by atoms with Gasteiger partial charge in [-0.2, -0.15) is 0 Å². The van der Waals surface area contributed by atoms with E-state index in [1.165, 1.54) is 7.11 Å². The van der Waals surface area contributed by atoms with Crippen molar-refractivity contribution in [3.63, 3.8) is 0 Å². The van der Waals surface area contributed by atoms with Crippen molar-refractivity contribution in [2.75, 3.05) is 12.8 Å². The van der Waals surface area contributed by atoms with Crippen LogP contribution >= 0.6 is 11.8 Å². The zero-order valence-corrected chi connectivity index (χ0v) is 10.6. The molecule has 88 valence electrons. The highest BCUT2D eigenvalue weighted by Crippen LogP contribution is 2.28. The Kier molecular flexibility index (Phi) is 4.68. The average Bonchev–Trinajstić information content (AvgIpc) is 2.30. The third-order valence-electron chi connectivity index (χ3n) is 2.34. The molecule has 0 aromatic heterocycles. The number of anilines is 1. The van der Waals surface area contributed by atoms with Gasteiger partial charge in [0.05, 0.1) is 12.7 Å². The first-order chi connectivity index (χ1) is 7.58. The van der Waals surface area contributed by atoms with E-state index in [-0.39, 0.29) is 5.97 Å². The van der Waals surface area contributed by atoms with E-state index in [4.69, 9.17) is 5.73 Å². The second-order valence-electron chi connectivity index (χ2n) is 3.58. The number of ether oxygens (including phenoxy) is 1. The predicted molar refractivity (Wildman–Crippen MR) is 67.8 cm³/mol. The Balaban J connectivity index is 2.93. The van der Waals surface area contributed by atoms with E-state index >= 15 is 0 Å². The molecule has 0 aliphatic heterocycles. The van der Waals surface area contributed by atoms with Gasteiger partial charge in [-0.3, -0.25) is 0 Å². The van der Waals surface area contributed by atoms with Crippen LogP contribution in [0.1, 0.15) is 30.6 Å². The molecule has 0 saturated carbocycles. The van der Waals surface area contributed by atoms with Crippen molar-refractivity contribution in [2.45, 2.75) is 30.4 Å². The largest absolute Gasteiger partial charge is 0.465 e. The van der Waals surface area contributed by atoms with E-state index in [2.05, 4.69) is 18.6 Å². The van der Waals surface area contributed by atoms with Gasteiger partial charge in [0.1, 0.15) is 0 Å². The summed E-state index contributed by atoms with van der Waals surface area (Å²) in [4.78, 5) is 12.5. The van der Waals surface area contributed by atoms with Crippen molar-refractivity contribution >= 4 is 23.4 Å². The van der Waals surface area contributed by atoms with E-state index in [1.807, 2.05) is 6.07 Å². The number of benzene rings is 1. The molecule has 1 atom stereocenters. The fourth-order valence-electron chi connectivity index (χ4n) is 1.21. The molecule has 0 amide bonds. The smallest absolute Gasteiger partial charge is 0.339 e. The highest BCUT2D eigenvalue weighted by molar-refractivity contribution is 7.99. The van der Waals surface area contributed by atoms with E-state index in [9.17, 15) is 4.79 Å². The number of esters is 1. The second-order valence-corrected chi connectivity index (χ2v) is 5.09. The summed E-state index contributed by atoms with van der Waals surface area (Å²) in [5.41, 5.74) is 6.62. The fraction of sp³-hybridized carbons (Fsp3) is 0.417. The molecule has 1 aromatic rings. The van der Waals surface area contributed by atoms with Crippen molar-refractivity contribution in [1.29, 1.82) is 0 Å². The van der Waals surface area contributed by atoms with Crippen LogP contribution in [0.5, 0.6) is 0 Å². The summed E-state index contributed by atoms with van der Waals surface area (Å²) in [7, 11) is 1.36. The van der Waals surface area contributed by atoms with Crippen LogP contribution in [0.25, 0.3) is 0 Å². The zero-order chi connectivity index (χ0) is 12.1. The molecule has 3 nitrogen and oxygen atoms in total. The number of nitrogen functional groups attached to an aromatic ring is 1. The Morgan fingerprint density at radius 1 is 1.56 bits per heavy atom. The van der Waals surface area contributed by atoms with Crippen LogP contribution in [0.15, 0.2) is 23.1 Å². The van der Waals surface area contributed by atoms with E-state index < -0.39 is 0 Å². The molecular formula is C12H17NO2S. The topological polar surface area (TPSA) is 52.3 Å². The summed E-state index contributed by atoms with van der Waals surface area (Å²) in [5.74, 6) is -0.385. The number of thioether (sulfide) groups is 1. The maximum atomic E-state index is 11.4. The maximum Gasteiger partial charge on any atom is 0.339 e. The first-order valence-electron chi connectivity index (χ1n) is 5.23. The minimum atomic E-state index is -0.385. The lowest BCUT2D eigenvalue weighted by Crippen LogP contribution is -2.05. The van der Waals surface area contributed by atoms with E-state index in [1.54, 1.807) is 23.9 Å². The molecule has 1 aromatic carbocycles. The van der Waals surface area contributed by atoms with Crippen molar-refractivity contribution in [3.8, 4) is 0 Å². The predicted octanol–water partition coefficient (Wildman–Crippen LogP) is 2.95. The Hall–Kier alpha value is -1.16. The Labute approximate surface area is 100 Å². The maximum absolute atomic E-state index is 11.4. The van der Waals surface area contributed by atoms with Crippen LogP contribution in [0.4, 0.5) is 5.69 Å². The Morgan fingerprint density at radius 3 is 2.81 bits per heavy atom. The van der Waals surface area contributed by atoms with Crippen LogP contribution in [0.2, 0.25) is 0 Å². The van der Waals surface area contributed by atoms with Gasteiger partial charge in [0.25, 0.3) is 0 Å². The zero-order valence-electron chi connectivity index (χ0n) is 9.82. The highest BCUT2D eigenvalue weighted by Gasteiger charge is 2.11. The van der Waals surface area contributed by atoms with Crippen LogP contribution < -0.4 is 5.73 Å².